The summed E-state index contributed by atoms with van der Waals surface area (Å²) in [7, 11) is 0. The minimum absolute atomic E-state index is 0.00502. The van der Waals surface area contributed by atoms with E-state index in [1.165, 1.54) is 0 Å². The number of allylic oxidation sites excluding steroid dienone is 1. The van der Waals surface area contributed by atoms with Crippen LogP contribution in [0.4, 0.5) is 0 Å². The number of carbonyl (C=O) groups excluding carboxylic acids is 1. The summed E-state index contributed by atoms with van der Waals surface area (Å²) in [5, 5.41) is 85.9. The summed E-state index contributed by atoms with van der Waals surface area (Å²) in [4.78, 5) is 14.4. The van der Waals surface area contributed by atoms with E-state index in [1.807, 2.05) is 20.8 Å². The van der Waals surface area contributed by atoms with Crippen LogP contribution in [0.25, 0.3) is 0 Å². The lowest BCUT2D eigenvalue weighted by atomic mass is 9.33. The van der Waals surface area contributed by atoms with Crippen LogP contribution in [0.5, 0.6) is 0 Å². The van der Waals surface area contributed by atoms with Crippen LogP contribution in [0.1, 0.15) is 92.9 Å². The van der Waals surface area contributed by atoms with Gasteiger partial charge < -0.3 is 50.3 Å². The first-order valence-corrected chi connectivity index (χ1v) is 17.7. The molecule has 4 saturated carbocycles. The van der Waals surface area contributed by atoms with Crippen LogP contribution in [0, 0.1) is 50.2 Å². The van der Waals surface area contributed by atoms with Crippen molar-refractivity contribution in [2.24, 2.45) is 50.2 Å². The van der Waals surface area contributed by atoms with Gasteiger partial charge in [-0.05, 0) is 84.9 Å². The molecule has 6 aliphatic rings. The van der Waals surface area contributed by atoms with Crippen LogP contribution in [0.2, 0.25) is 0 Å². The van der Waals surface area contributed by atoms with E-state index < -0.39 is 89.2 Å². The zero-order valence-electron chi connectivity index (χ0n) is 28.8. The van der Waals surface area contributed by atoms with E-state index in [0.717, 1.165) is 18.4 Å². The average molecular weight is 667 g/mol. The molecular weight excluding hydrogens is 608 g/mol. The molecular formula is C36H58O11. The lowest BCUT2D eigenvalue weighted by Crippen LogP contribution is -2.69. The Morgan fingerprint density at radius 1 is 0.851 bits per heavy atom. The van der Waals surface area contributed by atoms with Crippen LogP contribution in [-0.4, -0.2) is 109 Å². The average Bonchev–Trinajstić information content (AvgIpc) is 3.02. The van der Waals surface area contributed by atoms with Crippen LogP contribution in [-0.2, 0) is 14.3 Å². The lowest BCUT2D eigenvalue weighted by Gasteiger charge is -2.71. The maximum Gasteiger partial charge on any atom is 0.315 e. The highest BCUT2D eigenvalue weighted by Crippen LogP contribution is 2.75. The van der Waals surface area contributed by atoms with Gasteiger partial charge in [0, 0.05) is 11.3 Å². The number of fused-ring (bicyclic) bond motifs is 7. The largest absolute Gasteiger partial charge is 0.432 e. The first-order valence-electron chi connectivity index (χ1n) is 17.7. The molecule has 268 valence electrons. The quantitative estimate of drug-likeness (QED) is 0.160. The van der Waals surface area contributed by atoms with Crippen molar-refractivity contribution in [3.05, 3.63) is 11.6 Å². The van der Waals surface area contributed by atoms with Crippen molar-refractivity contribution in [2.75, 3.05) is 13.2 Å². The van der Waals surface area contributed by atoms with Crippen molar-refractivity contribution in [1.29, 1.82) is 0 Å². The minimum atomic E-state index is -1.72. The molecule has 5 aliphatic carbocycles. The van der Waals surface area contributed by atoms with Gasteiger partial charge in [0.25, 0.3) is 0 Å². The Bertz CT molecular complexity index is 1270. The van der Waals surface area contributed by atoms with E-state index in [2.05, 4.69) is 26.8 Å². The van der Waals surface area contributed by atoms with Gasteiger partial charge in [-0.1, -0.05) is 53.2 Å². The Morgan fingerprint density at radius 2 is 1.51 bits per heavy atom. The Balaban J connectivity index is 1.39. The van der Waals surface area contributed by atoms with E-state index in [0.29, 0.717) is 38.5 Å². The highest BCUT2D eigenvalue weighted by atomic mass is 16.7. The minimum Gasteiger partial charge on any atom is -0.432 e. The molecule has 0 aromatic carbocycles. The Labute approximate surface area is 278 Å². The van der Waals surface area contributed by atoms with Gasteiger partial charge >= 0.3 is 5.97 Å². The van der Waals surface area contributed by atoms with Crippen LogP contribution in [0.15, 0.2) is 11.6 Å². The molecule has 11 heteroatoms. The van der Waals surface area contributed by atoms with Gasteiger partial charge in [0.1, 0.15) is 24.4 Å². The molecule has 11 nitrogen and oxygen atoms in total. The van der Waals surface area contributed by atoms with Gasteiger partial charge in [-0.15, -0.1) is 0 Å². The van der Waals surface area contributed by atoms with E-state index >= 15 is 0 Å². The number of carbonyl (C=O) groups is 1. The molecule has 0 radical (unpaired) electrons. The van der Waals surface area contributed by atoms with Crippen molar-refractivity contribution in [1.82, 2.24) is 0 Å². The number of hydrogen-bond acceptors (Lipinski definition) is 11. The first kappa shape index (κ1) is 35.7. The number of rotatable bonds is 4. The van der Waals surface area contributed by atoms with E-state index in [1.54, 1.807) is 0 Å². The summed E-state index contributed by atoms with van der Waals surface area (Å²) in [5.41, 5.74) is -2.46. The maximum absolute atomic E-state index is 14.4. The summed E-state index contributed by atoms with van der Waals surface area (Å²) in [6, 6.07) is 0. The number of ether oxygens (including phenoxy) is 2. The van der Waals surface area contributed by atoms with Crippen molar-refractivity contribution < 1.29 is 55.1 Å². The highest BCUT2D eigenvalue weighted by molar-refractivity contribution is 5.79. The molecule has 0 unspecified atom stereocenters. The van der Waals surface area contributed by atoms with Gasteiger partial charge in [0.05, 0.1) is 36.9 Å². The molecule has 0 aromatic rings. The van der Waals surface area contributed by atoms with Crippen molar-refractivity contribution in [3.8, 4) is 0 Å². The van der Waals surface area contributed by atoms with Gasteiger partial charge in [0.2, 0.25) is 6.29 Å². The summed E-state index contributed by atoms with van der Waals surface area (Å²) in [6.45, 7) is 11.9. The summed E-state index contributed by atoms with van der Waals surface area (Å²) in [6.07, 6.45) is -3.62. The fraction of sp³-hybridized carbons (Fsp3) is 0.917. The van der Waals surface area contributed by atoms with Gasteiger partial charge in [-0.25, -0.2) is 0 Å². The molecule has 8 N–H and O–H groups in total. The van der Waals surface area contributed by atoms with Crippen molar-refractivity contribution in [2.45, 2.75) is 142 Å². The summed E-state index contributed by atoms with van der Waals surface area (Å²) < 4.78 is 11.4. The zero-order valence-corrected chi connectivity index (χ0v) is 28.8. The second-order valence-electron chi connectivity index (χ2n) is 17.8. The Morgan fingerprint density at radius 3 is 2.15 bits per heavy atom. The summed E-state index contributed by atoms with van der Waals surface area (Å²) >= 11 is 0. The van der Waals surface area contributed by atoms with Gasteiger partial charge in [0.15, 0.2) is 0 Å². The van der Waals surface area contributed by atoms with Crippen LogP contribution >= 0.6 is 0 Å². The highest BCUT2D eigenvalue weighted by Gasteiger charge is 2.72. The second kappa shape index (κ2) is 11.4. The molecule has 0 amide bonds. The number of hydrogen-bond donors (Lipinski definition) is 8. The van der Waals surface area contributed by atoms with Crippen molar-refractivity contribution in [3.63, 3.8) is 0 Å². The summed E-state index contributed by atoms with van der Waals surface area (Å²) in [5.74, 6) is -1.08. The van der Waals surface area contributed by atoms with Gasteiger partial charge in [-0.2, -0.15) is 0 Å². The third-order valence-corrected chi connectivity index (χ3v) is 15.4. The molecule has 0 spiro atoms. The maximum atomic E-state index is 14.4. The molecule has 47 heavy (non-hydrogen) atoms. The van der Waals surface area contributed by atoms with E-state index in [4.69, 9.17) is 9.47 Å². The predicted octanol–water partition coefficient (Wildman–Crippen LogP) is 1.41. The fourth-order valence-electron chi connectivity index (χ4n) is 12.1. The molecule has 0 bridgehead atoms. The predicted molar refractivity (Wildman–Crippen MR) is 169 cm³/mol. The number of esters is 1. The van der Waals surface area contributed by atoms with E-state index in [9.17, 15) is 45.6 Å². The topological polar surface area (TPSA) is 197 Å². The molecule has 16 atom stereocenters. The van der Waals surface area contributed by atoms with Gasteiger partial charge in [-0.3, -0.25) is 4.79 Å². The third-order valence-electron chi connectivity index (χ3n) is 15.4. The zero-order chi connectivity index (χ0) is 34.7. The number of aliphatic hydroxyl groups is 8. The van der Waals surface area contributed by atoms with E-state index in [-0.39, 0.29) is 29.3 Å². The molecule has 6 rings (SSSR count). The smallest absolute Gasteiger partial charge is 0.315 e. The van der Waals surface area contributed by atoms with Crippen LogP contribution < -0.4 is 0 Å². The van der Waals surface area contributed by atoms with Crippen LogP contribution in [0.3, 0.4) is 0 Å². The molecule has 1 aliphatic heterocycles. The third kappa shape index (κ3) is 4.67. The lowest BCUT2D eigenvalue weighted by molar-refractivity contribution is -0.298. The Hall–Kier alpha value is -1.15. The monoisotopic (exact) mass is 666 g/mol. The molecule has 5 fully saturated rings. The normalized spacial score (nSPS) is 55.4. The van der Waals surface area contributed by atoms with Crippen molar-refractivity contribution >= 4 is 5.97 Å². The second-order valence-corrected chi connectivity index (χ2v) is 17.8. The fourth-order valence-corrected chi connectivity index (χ4v) is 12.1. The molecule has 1 saturated heterocycles. The first-order chi connectivity index (χ1) is 21.8. The standard InChI is InChI=1S/C36H58O11/c1-31(2)11-13-36(30(45)47-29-26(42)25(41)24(40)20(16-37)46-29)14-12-34(5)18(23(36)28(31)44)7-8-22-32(3)15-19(39)27(43)33(4,17-38)21(32)9-10-35(22,34)6/h7,19-29,37-44H,8-17H2,1-6H3/t19-,20+,21-,22-,23-,24+,25-,26+,27+,28+,29-,32+,33-,34-,35-,36+/m1/s1. The number of aliphatic hydroxyl groups excluding tert-OH is 8. The molecule has 0 aromatic heterocycles. The Kier molecular flexibility index (Phi) is 8.68. The SMILES string of the molecule is CC1(C)CC[C@]2(C(=O)O[C@H]3O[C@@H](CO)[C@H](O)[C@@H](O)[C@@H]3O)CC[C@]3(C)C(=CC[C@@H]4[C@@]5(C)C[C@@H](O)[C@H](O)[C@](C)(CO)[C@@H]5CC[C@]43C)[C@@H]2[C@@H]1O. The molecule has 1 heterocycles.